The number of hydrogen-bond acceptors (Lipinski definition) is 5. The van der Waals surface area contributed by atoms with Crippen molar-refractivity contribution in [2.45, 2.75) is 0 Å². The lowest BCUT2D eigenvalue weighted by Gasteiger charge is -2.08. The molecular weight excluding hydrogens is 306 g/mol. The number of para-hydroxylation sites is 2. The van der Waals surface area contributed by atoms with Crippen LogP contribution < -0.4 is 14.8 Å². The van der Waals surface area contributed by atoms with Crippen LogP contribution in [0.3, 0.4) is 0 Å². The topological polar surface area (TPSA) is 73.3 Å². The molecule has 0 bridgehead atoms. The summed E-state index contributed by atoms with van der Waals surface area (Å²) in [5.41, 5.74) is 1.75. The van der Waals surface area contributed by atoms with Crippen LogP contribution in [0.1, 0.15) is 10.5 Å². The van der Waals surface area contributed by atoms with Crippen molar-refractivity contribution in [1.82, 2.24) is 15.3 Å². The van der Waals surface area contributed by atoms with Gasteiger partial charge in [-0.05, 0) is 36.4 Å². The molecule has 6 nitrogen and oxygen atoms in total. The number of amides is 1. The van der Waals surface area contributed by atoms with Crippen molar-refractivity contribution in [3.05, 3.63) is 60.4 Å². The molecule has 0 atom stereocenters. The molecule has 1 aromatic heterocycles. The highest BCUT2D eigenvalue weighted by Crippen LogP contribution is 2.16. The predicted octanol–water partition coefficient (Wildman–Crippen LogP) is 2.45. The maximum atomic E-state index is 12.1. The van der Waals surface area contributed by atoms with Crippen LogP contribution in [0.5, 0.6) is 11.5 Å². The van der Waals surface area contributed by atoms with Gasteiger partial charge in [0.05, 0.1) is 30.9 Å². The molecule has 3 rings (SSSR count). The maximum Gasteiger partial charge on any atom is 0.271 e. The van der Waals surface area contributed by atoms with Crippen LogP contribution in [0.25, 0.3) is 11.0 Å². The largest absolute Gasteiger partial charge is 0.497 e. The first kappa shape index (κ1) is 15.7. The molecule has 24 heavy (non-hydrogen) atoms. The Hall–Kier alpha value is -3.15. The quantitative estimate of drug-likeness (QED) is 0.705. The predicted molar refractivity (Wildman–Crippen MR) is 90.4 cm³/mol. The van der Waals surface area contributed by atoms with Crippen LogP contribution in [0, 0.1) is 0 Å². The van der Waals surface area contributed by atoms with E-state index >= 15 is 0 Å². The van der Waals surface area contributed by atoms with Gasteiger partial charge >= 0.3 is 0 Å². The summed E-state index contributed by atoms with van der Waals surface area (Å²) in [6, 6.07) is 14.7. The third kappa shape index (κ3) is 3.78. The van der Waals surface area contributed by atoms with E-state index in [9.17, 15) is 4.79 Å². The minimum Gasteiger partial charge on any atom is -0.497 e. The Morgan fingerprint density at radius 2 is 1.75 bits per heavy atom. The van der Waals surface area contributed by atoms with Gasteiger partial charge in [-0.15, -0.1) is 0 Å². The van der Waals surface area contributed by atoms with Crippen LogP contribution in [0.2, 0.25) is 0 Å². The van der Waals surface area contributed by atoms with Gasteiger partial charge in [0.15, 0.2) is 0 Å². The van der Waals surface area contributed by atoms with Crippen molar-refractivity contribution in [1.29, 1.82) is 0 Å². The molecule has 0 spiro atoms. The molecule has 0 aliphatic carbocycles. The number of aromatic nitrogens is 2. The van der Waals surface area contributed by atoms with Crippen LogP contribution in [-0.2, 0) is 0 Å². The molecule has 1 N–H and O–H groups in total. The molecular formula is C18H17N3O3. The number of hydrogen-bond donors (Lipinski definition) is 1. The molecule has 0 radical (unpaired) electrons. The van der Waals surface area contributed by atoms with Crippen LogP contribution >= 0.6 is 0 Å². The number of carbonyl (C=O) groups is 1. The van der Waals surface area contributed by atoms with Crippen molar-refractivity contribution >= 4 is 16.9 Å². The molecule has 0 fully saturated rings. The Morgan fingerprint density at radius 1 is 1.04 bits per heavy atom. The molecule has 3 aromatic rings. The van der Waals surface area contributed by atoms with Crippen LogP contribution in [0.15, 0.2) is 54.7 Å². The molecule has 0 unspecified atom stereocenters. The van der Waals surface area contributed by atoms with Crippen molar-refractivity contribution in [2.75, 3.05) is 20.3 Å². The first-order chi connectivity index (χ1) is 11.8. The van der Waals surface area contributed by atoms with Gasteiger partial charge in [-0.1, -0.05) is 12.1 Å². The first-order valence-electron chi connectivity index (χ1n) is 7.53. The van der Waals surface area contributed by atoms with Crippen molar-refractivity contribution < 1.29 is 14.3 Å². The Bertz CT molecular complexity index is 834. The average molecular weight is 323 g/mol. The molecule has 0 saturated carbocycles. The fraction of sp³-hybridized carbons (Fsp3) is 0.167. The zero-order valence-electron chi connectivity index (χ0n) is 13.2. The fourth-order valence-corrected chi connectivity index (χ4v) is 2.16. The zero-order valence-corrected chi connectivity index (χ0v) is 13.2. The third-order valence-electron chi connectivity index (χ3n) is 3.40. The summed E-state index contributed by atoms with van der Waals surface area (Å²) in [5.74, 6) is 1.22. The summed E-state index contributed by atoms with van der Waals surface area (Å²) in [4.78, 5) is 20.6. The summed E-state index contributed by atoms with van der Waals surface area (Å²) >= 11 is 0. The summed E-state index contributed by atoms with van der Waals surface area (Å²) in [5, 5.41) is 2.77. The maximum absolute atomic E-state index is 12.1. The molecule has 0 saturated heterocycles. The molecule has 6 heteroatoms. The standard InChI is InChI=1S/C18H17N3O3/c1-23-13-6-8-14(9-7-13)24-11-10-19-18(22)17-12-20-15-4-2-3-5-16(15)21-17/h2-9,12H,10-11H2,1H3,(H,19,22). The normalized spacial score (nSPS) is 10.4. The lowest BCUT2D eigenvalue weighted by molar-refractivity contribution is 0.0942. The van der Waals surface area contributed by atoms with E-state index in [4.69, 9.17) is 9.47 Å². The Balaban J connectivity index is 1.51. The molecule has 0 aliphatic heterocycles. The van der Waals surface area contributed by atoms with Gasteiger partial charge in [-0.25, -0.2) is 4.98 Å². The smallest absolute Gasteiger partial charge is 0.271 e. The second kappa shape index (κ2) is 7.41. The lowest BCUT2D eigenvalue weighted by atomic mass is 10.3. The van der Waals surface area contributed by atoms with Gasteiger partial charge in [0.25, 0.3) is 5.91 Å². The Kier molecular flexibility index (Phi) is 4.86. The van der Waals surface area contributed by atoms with E-state index < -0.39 is 0 Å². The fourth-order valence-electron chi connectivity index (χ4n) is 2.16. The third-order valence-corrected chi connectivity index (χ3v) is 3.40. The number of fused-ring (bicyclic) bond motifs is 1. The molecule has 122 valence electrons. The van der Waals surface area contributed by atoms with E-state index in [2.05, 4.69) is 15.3 Å². The number of nitrogens with one attached hydrogen (secondary N) is 1. The SMILES string of the molecule is COc1ccc(OCCNC(=O)c2cnc3ccccc3n2)cc1. The number of carbonyl (C=O) groups excluding carboxylic acids is 1. The number of ether oxygens (including phenoxy) is 2. The average Bonchev–Trinajstić information content (AvgIpc) is 2.65. The van der Waals surface area contributed by atoms with E-state index in [-0.39, 0.29) is 11.6 Å². The zero-order chi connectivity index (χ0) is 16.8. The molecule has 1 amide bonds. The second-order valence-electron chi connectivity index (χ2n) is 5.02. The minimum absolute atomic E-state index is 0.272. The summed E-state index contributed by atoms with van der Waals surface area (Å²) in [6.45, 7) is 0.735. The van der Waals surface area contributed by atoms with Crippen molar-refractivity contribution in [3.63, 3.8) is 0 Å². The van der Waals surface area contributed by atoms with E-state index in [0.29, 0.717) is 18.7 Å². The highest BCUT2D eigenvalue weighted by molar-refractivity contribution is 5.93. The first-order valence-corrected chi connectivity index (χ1v) is 7.53. The van der Waals surface area contributed by atoms with Crippen molar-refractivity contribution in [3.8, 4) is 11.5 Å². The summed E-state index contributed by atoms with van der Waals surface area (Å²) in [6.07, 6.45) is 1.47. The Morgan fingerprint density at radius 3 is 2.50 bits per heavy atom. The van der Waals surface area contributed by atoms with Crippen LogP contribution in [-0.4, -0.2) is 36.1 Å². The lowest BCUT2D eigenvalue weighted by Crippen LogP contribution is -2.28. The highest BCUT2D eigenvalue weighted by Gasteiger charge is 2.08. The Labute approximate surface area is 139 Å². The number of methoxy groups -OCH3 is 1. The van der Waals surface area contributed by atoms with E-state index in [1.165, 1.54) is 6.20 Å². The van der Waals surface area contributed by atoms with Gasteiger partial charge in [-0.2, -0.15) is 0 Å². The number of benzene rings is 2. The van der Waals surface area contributed by atoms with Gasteiger partial charge in [0, 0.05) is 0 Å². The van der Waals surface area contributed by atoms with E-state index in [1.54, 1.807) is 7.11 Å². The molecule has 0 aliphatic rings. The van der Waals surface area contributed by atoms with E-state index in [0.717, 1.165) is 17.0 Å². The van der Waals surface area contributed by atoms with Crippen LogP contribution in [0.4, 0.5) is 0 Å². The monoisotopic (exact) mass is 323 g/mol. The highest BCUT2D eigenvalue weighted by atomic mass is 16.5. The van der Waals surface area contributed by atoms with Gasteiger partial charge < -0.3 is 14.8 Å². The van der Waals surface area contributed by atoms with Crippen molar-refractivity contribution in [2.24, 2.45) is 0 Å². The van der Waals surface area contributed by atoms with Gasteiger partial charge in [0.1, 0.15) is 23.8 Å². The number of nitrogens with zero attached hydrogens (tertiary/aromatic N) is 2. The summed E-state index contributed by atoms with van der Waals surface area (Å²) < 4.78 is 10.6. The molecule has 1 heterocycles. The van der Waals surface area contributed by atoms with Gasteiger partial charge in [0.2, 0.25) is 0 Å². The van der Waals surface area contributed by atoms with E-state index in [1.807, 2.05) is 48.5 Å². The molecule has 2 aromatic carbocycles. The number of rotatable bonds is 6. The van der Waals surface area contributed by atoms with Gasteiger partial charge in [-0.3, -0.25) is 9.78 Å². The summed E-state index contributed by atoms with van der Waals surface area (Å²) in [7, 11) is 1.61. The minimum atomic E-state index is -0.272. The second-order valence-corrected chi connectivity index (χ2v) is 5.02.